The highest BCUT2D eigenvalue weighted by Crippen LogP contribution is 2.27. The van der Waals surface area contributed by atoms with Gasteiger partial charge in [-0.05, 0) is 43.9 Å². The van der Waals surface area contributed by atoms with Gasteiger partial charge in [-0.1, -0.05) is 19.8 Å². The number of aromatic nitrogens is 1. The second kappa shape index (κ2) is 7.90. The van der Waals surface area contributed by atoms with Gasteiger partial charge in [0.2, 0.25) is 5.91 Å². The normalized spacial score (nSPS) is 17.1. The highest BCUT2D eigenvalue weighted by atomic mass is 32.2. The molecule has 1 saturated carbocycles. The SMILES string of the molecule is CC[C@@H](c1ccncc1)N(CC)C(=O)CS(=O)(=O)C1CCCC1. The fourth-order valence-corrected chi connectivity index (χ4v) is 5.21. The van der Waals surface area contributed by atoms with E-state index in [2.05, 4.69) is 4.98 Å². The molecule has 0 radical (unpaired) electrons. The van der Waals surface area contributed by atoms with Crippen LogP contribution in [-0.4, -0.2) is 41.8 Å². The minimum atomic E-state index is -3.34. The van der Waals surface area contributed by atoms with Crippen molar-refractivity contribution in [2.24, 2.45) is 0 Å². The number of carbonyl (C=O) groups excluding carboxylic acids is 1. The Morgan fingerprint density at radius 1 is 1.26 bits per heavy atom. The van der Waals surface area contributed by atoms with Crippen LogP contribution in [0.5, 0.6) is 0 Å². The third-order valence-electron chi connectivity index (χ3n) is 4.65. The monoisotopic (exact) mass is 338 g/mol. The molecule has 1 aromatic rings. The van der Waals surface area contributed by atoms with Gasteiger partial charge in [-0.15, -0.1) is 0 Å². The predicted molar refractivity (Wildman–Crippen MR) is 90.7 cm³/mol. The van der Waals surface area contributed by atoms with Gasteiger partial charge in [0.15, 0.2) is 9.84 Å². The van der Waals surface area contributed by atoms with Gasteiger partial charge in [-0.2, -0.15) is 0 Å². The number of nitrogens with zero attached hydrogens (tertiary/aromatic N) is 2. The first-order valence-electron chi connectivity index (χ1n) is 8.40. The molecule has 1 aliphatic rings. The maximum atomic E-state index is 12.7. The lowest BCUT2D eigenvalue weighted by molar-refractivity contribution is -0.130. The molecule has 1 atom stereocenters. The van der Waals surface area contributed by atoms with E-state index in [0.29, 0.717) is 19.4 Å². The van der Waals surface area contributed by atoms with Gasteiger partial charge < -0.3 is 4.90 Å². The molecule has 6 heteroatoms. The van der Waals surface area contributed by atoms with Crippen LogP contribution in [-0.2, 0) is 14.6 Å². The quantitative estimate of drug-likeness (QED) is 0.766. The van der Waals surface area contributed by atoms with Crippen LogP contribution >= 0.6 is 0 Å². The van der Waals surface area contributed by atoms with Crippen LogP contribution in [0.2, 0.25) is 0 Å². The highest BCUT2D eigenvalue weighted by Gasteiger charge is 2.33. The van der Waals surface area contributed by atoms with Crippen LogP contribution in [0.15, 0.2) is 24.5 Å². The molecular formula is C17H26N2O3S. The van der Waals surface area contributed by atoms with E-state index in [4.69, 9.17) is 0 Å². The summed E-state index contributed by atoms with van der Waals surface area (Å²) in [6.45, 7) is 4.40. The Bertz CT molecular complexity index is 610. The van der Waals surface area contributed by atoms with Crippen LogP contribution in [0.25, 0.3) is 0 Å². The van der Waals surface area contributed by atoms with Crippen molar-refractivity contribution in [3.63, 3.8) is 0 Å². The van der Waals surface area contributed by atoms with E-state index in [1.807, 2.05) is 26.0 Å². The number of carbonyl (C=O) groups is 1. The topological polar surface area (TPSA) is 67.3 Å². The van der Waals surface area contributed by atoms with Gasteiger partial charge in [0.05, 0.1) is 11.3 Å². The summed E-state index contributed by atoms with van der Waals surface area (Å²) in [5.74, 6) is -0.657. The zero-order valence-corrected chi connectivity index (χ0v) is 14.8. The third kappa shape index (κ3) is 4.31. The summed E-state index contributed by atoms with van der Waals surface area (Å²) in [6, 6.07) is 3.67. The van der Waals surface area contributed by atoms with Crippen molar-refractivity contribution >= 4 is 15.7 Å². The second-order valence-corrected chi connectivity index (χ2v) is 8.38. The maximum absolute atomic E-state index is 12.7. The van der Waals surface area contributed by atoms with E-state index in [0.717, 1.165) is 24.8 Å². The largest absolute Gasteiger partial charge is 0.335 e. The van der Waals surface area contributed by atoms with Crippen LogP contribution < -0.4 is 0 Å². The summed E-state index contributed by atoms with van der Waals surface area (Å²) in [5.41, 5.74) is 0.996. The van der Waals surface area contributed by atoms with Crippen molar-refractivity contribution in [1.82, 2.24) is 9.88 Å². The number of hydrogen-bond donors (Lipinski definition) is 0. The van der Waals surface area contributed by atoms with Gasteiger partial charge >= 0.3 is 0 Å². The molecular weight excluding hydrogens is 312 g/mol. The zero-order valence-electron chi connectivity index (χ0n) is 13.9. The van der Waals surface area contributed by atoms with Crippen molar-refractivity contribution in [2.75, 3.05) is 12.3 Å². The molecule has 0 spiro atoms. The molecule has 1 fully saturated rings. The van der Waals surface area contributed by atoms with Crippen LogP contribution in [0.1, 0.15) is 57.6 Å². The Balaban J connectivity index is 2.14. The first-order valence-corrected chi connectivity index (χ1v) is 10.1. The number of amides is 1. The first kappa shape index (κ1) is 17.9. The lowest BCUT2D eigenvalue weighted by Gasteiger charge is -2.31. The molecule has 0 unspecified atom stereocenters. The van der Waals surface area contributed by atoms with E-state index < -0.39 is 9.84 Å². The standard InChI is InChI=1S/C17H26N2O3S/c1-3-16(14-9-11-18-12-10-14)19(4-2)17(20)13-23(21,22)15-7-5-6-8-15/h9-12,15-16H,3-8,13H2,1-2H3/t16-/m0/s1. The van der Waals surface area contributed by atoms with Gasteiger partial charge in [-0.3, -0.25) is 9.78 Å². The van der Waals surface area contributed by atoms with E-state index in [9.17, 15) is 13.2 Å². The average molecular weight is 338 g/mol. The fourth-order valence-electron chi connectivity index (χ4n) is 3.41. The van der Waals surface area contributed by atoms with Gasteiger partial charge in [-0.25, -0.2) is 8.42 Å². The van der Waals surface area contributed by atoms with E-state index in [-0.39, 0.29) is 23.0 Å². The van der Waals surface area contributed by atoms with Gasteiger partial charge in [0, 0.05) is 18.9 Å². The molecule has 2 rings (SSSR count). The number of rotatable bonds is 7. The molecule has 1 heterocycles. The summed E-state index contributed by atoms with van der Waals surface area (Å²) in [6.07, 6.45) is 7.44. The lowest BCUT2D eigenvalue weighted by Crippen LogP contribution is -2.40. The van der Waals surface area contributed by atoms with Crippen LogP contribution in [0, 0.1) is 0 Å². The summed E-state index contributed by atoms with van der Waals surface area (Å²) in [5, 5.41) is -0.328. The second-order valence-electron chi connectivity index (χ2n) is 6.10. The summed E-state index contributed by atoms with van der Waals surface area (Å²) < 4.78 is 24.9. The third-order valence-corrected chi connectivity index (χ3v) is 6.79. The Hall–Kier alpha value is -1.43. The molecule has 1 aromatic heterocycles. The van der Waals surface area contributed by atoms with Crippen molar-refractivity contribution in [3.8, 4) is 0 Å². The maximum Gasteiger partial charge on any atom is 0.238 e. The number of hydrogen-bond acceptors (Lipinski definition) is 4. The van der Waals surface area contributed by atoms with Gasteiger partial charge in [0.1, 0.15) is 5.75 Å². The van der Waals surface area contributed by atoms with E-state index >= 15 is 0 Å². The van der Waals surface area contributed by atoms with Crippen LogP contribution in [0.4, 0.5) is 0 Å². The zero-order chi connectivity index (χ0) is 16.9. The molecule has 0 saturated heterocycles. The van der Waals surface area contributed by atoms with Crippen LogP contribution in [0.3, 0.4) is 0 Å². The first-order chi connectivity index (χ1) is 11.0. The van der Waals surface area contributed by atoms with Crippen molar-refractivity contribution < 1.29 is 13.2 Å². The summed E-state index contributed by atoms with van der Waals surface area (Å²) in [7, 11) is -3.34. The molecule has 0 bridgehead atoms. The lowest BCUT2D eigenvalue weighted by atomic mass is 10.0. The predicted octanol–water partition coefficient (Wildman–Crippen LogP) is 2.74. The Labute approximate surface area is 139 Å². The minimum absolute atomic E-state index is 0.103. The smallest absolute Gasteiger partial charge is 0.238 e. The summed E-state index contributed by atoms with van der Waals surface area (Å²) >= 11 is 0. The minimum Gasteiger partial charge on any atom is -0.335 e. The molecule has 0 N–H and O–H groups in total. The molecule has 23 heavy (non-hydrogen) atoms. The Morgan fingerprint density at radius 2 is 1.87 bits per heavy atom. The molecule has 1 aliphatic carbocycles. The summed E-state index contributed by atoms with van der Waals surface area (Å²) in [4.78, 5) is 18.3. The van der Waals surface area contributed by atoms with Crippen molar-refractivity contribution in [2.45, 2.75) is 57.2 Å². The Kier molecular flexibility index (Phi) is 6.16. The van der Waals surface area contributed by atoms with E-state index in [1.54, 1.807) is 17.3 Å². The fraction of sp³-hybridized carbons (Fsp3) is 0.647. The average Bonchev–Trinajstić information content (AvgIpc) is 3.08. The molecule has 1 amide bonds. The van der Waals surface area contributed by atoms with Gasteiger partial charge in [0.25, 0.3) is 0 Å². The molecule has 128 valence electrons. The van der Waals surface area contributed by atoms with Crippen molar-refractivity contribution in [3.05, 3.63) is 30.1 Å². The van der Waals surface area contributed by atoms with Crippen molar-refractivity contribution in [1.29, 1.82) is 0 Å². The molecule has 0 aromatic carbocycles. The van der Waals surface area contributed by atoms with E-state index in [1.165, 1.54) is 0 Å². The number of pyridine rings is 1. The highest BCUT2D eigenvalue weighted by molar-refractivity contribution is 7.92. The molecule has 5 nitrogen and oxygen atoms in total. The molecule has 0 aliphatic heterocycles. The Morgan fingerprint density at radius 3 is 2.39 bits per heavy atom. The number of sulfone groups is 1.